The van der Waals surface area contributed by atoms with Crippen LogP contribution >= 0.6 is 0 Å². The van der Waals surface area contributed by atoms with Gasteiger partial charge in [0.05, 0.1) is 0 Å². The molecular weight excluding hydrogens is 122 g/mol. The zero-order valence-electron chi connectivity index (χ0n) is 7.02. The first-order chi connectivity index (χ1) is 4.59. The topological polar surface area (TPSA) is 3.24 Å². The van der Waals surface area contributed by atoms with Crippen molar-refractivity contribution in [3.8, 4) is 0 Å². The highest BCUT2D eigenvalue weighted by Crippen LogP contribution is 2.05. The first kappa shape index (κ1) is 9.02. The number of hydrogen-bond donors (Lipinski definition) is 0. The van der Waals surface area contributed by atoms with Gasteiger partial charge in [0.15, 0.2) is 0 Å². The second kappa shape index (κ2) is 3.94. The fraction of sp³-hybridized carbons (Fsp3) is 0.333. The number of nitrogens with zero attached hydrogens (tertiary/aromatic N) is 1. The molecule has 0 aromatic carbocycles. The SMILES string of the molecule is C=C/C=C(/C)N(C)C(=C)C. The lowest BCUT2D eigenvalue weighted by Crippen LogP contribution is -2.11. The van der Waals surface area contributed by atoms with Crippen LogP contribution < -0.4 is 0 Å². The molecule has 0 aliphatic carbocycles. The van der Waals surface area contributed by atoms with Crippen LogP contribution in [0.5, 0.6) is 0 Å². The molecule has 0 spiro atoms. The maximum absolute atomic E-state index is 3.81. The first-order valence-corrected chi connectivity index (χ1v) is 3.28. The predicted octanol–water partition coefficient (Wildman–Crippen LogP) is 2.54. The van der Waals surface area contributed by atoms with E-state index in [4.69, 9.17) is 0 Å². The van der Waals surface area contributed by atoms with Gasteiger partial charge >= 0.3 is 0 Å². The summed E-state index contributed by atoms with van der Waals surface area (Å²) in [6, 6.07) is 0. The largest absolute Gasteiger partial charge is 0.353 e. The van der Waals surface area contributed by atoms with Crippen LogP contribution in [0, 0.1) is 0 Å². The minimum atomic E-state index is 1.04. The van der Waals surface area contributed by atoms with Crippen molar-refractivity contribution >= 4 is 0 Å². The van der Waals surface area contributed by atoms with E-state index in [0.717, 1.165) is 11.4 Å². The standard InChI is InChI=1S/C9H15N/c1-6-7-9(4)10(5)8(2)3/h6-7H,1-2H2,3-5H3/b9-7-. The van der Waals surface area contributed by atoms with Crippen LogP contribution in [0.1, 0.15) is 13.8 Å². The molecule has 1 heteroatoms. The summed E-state index contributed by atoms with van der Waals surface area (Å²) in [4.78, 5) is 2.02. The summed E-state index contributed by atoms with van der Waals surface area (Å²) < 4.78 is 0. The van der Waals surface area contributed by atoms with E-state index in [-0.39, 0.29) is 0 Å². The minimum absolute atomic E-state index is 1.04. The first-order valence-electron chi connectivity index (χ1n) is 3.28. The Balaban J connectivity index is 4.19. The molecule has 0 aromatic heterocycles. The monoisotopic (exact) mass is 137 g/mol. The van der Waals surface area contributed by atoms with Gasteiger partial charge in [0.1, 0.15) is 0 Å². The summed E-state index contributed by atoms with van der Waals surface area (Å²) in [5.41, 5.74) is 2.19. The smallest absolute Gasteiger partial charge is 0.0142 e. The Morgan fingerprint density at radius 2 is 1.90 bits per heavy atom. The molecule has 0 rings (SSSR count). The quantitative estimate of drug-likeness (QED) is 0.540. The Kier molecular flexibility index (Phi) is 3.55. The number of allylic oxidation sites excluding steroid dienone is 4. The molecule has 0 radical (unpaired) electrons. The Morgan fingerprint density at radius 3 is 2.20 bits per heavy atom. The maximum atomic E-state index is 3.81. The third-order valence-electron chi connectivity index (χ3n) is 1.46. The Bertz CT molecular complexity index is 166. The van der Waals surface area contributed by atoms with Gasteiger partial charge in [-0.15, -0.1) is 0 Å². The Labute approximate surface area is 63.3 Å². The second-order valence-electron chi connectivity index (χ2n) is 2.34. The van der Waals surface area contributed by atoms with Crippen LogP contribution in [0.2, 0.25) is 0 Å². The fourth-order valence-electron chi connectivity index (χ4n) is 0.583. The van der Waals surface area contributed by atoms with Gasteiger partial charge in [-0.05, 0) is 19.9 Å². The maximum Gasteiger partial charge on any atom is 0.0142 e. The molecule has 0 amide bonds. The summed E-state index contributed by atoms with van der Waals surface area (Å²) in [6.45, 7) is 11.4. The van der Waals surface area contributed by atoms with Gasteiger partial charge in [-0.3, -0.25) is 0 Å². The minimum Gasteiger partial charge on any atom is -0.353 e. The van der Waals surface area contributed by atoms with E-state index in [2.05, 4.69) is 13.2 Å². The molecule has 0 aliphatic rings. The molecule has 10 heavy (non-hydrogen) atoms. The van der Waals surface area contributed by atoms with Crippen LogP contribution in [-0.4, -0.2) is 11.9 Å². The van der Waals surface area contributed by atoms with E-state index in [0.29, 0.717) is 0 Å². The van der Waals surface area contributed by atoms with Gasteiger partial charge in [-0.25, -0.2) is 0 Å². The lowest BCUT2D eigenvalue weighted by atomic mass is 10.3. The van der Waals surface area contributed by atoms with Crippen molar-refractivity contribution in [3.05, 3.63) is 36.7 Å². The highest BCUT2D eigenvalue weighted by atomic mass is 15.1. The van der Waals surface area contributed by atoms with Crippen LogP contribution in [-0.2, 0) is 0 Å². The molecule has 1 nitrogen and oxygen atoms in total. The van der Waals surface area contributed by atoms with Crippen molar-refractivity contribution in [1.29, 1.82) is 0 Å². The summed E-state index contributed by atoms with van der Waals surface area (Å²) in [5.74, 6) is 0. The van der Waals surface area contributed by atoms with E-state index >= 15 is 0 Å². The molecular formula is C9H15N. The van der Waals surface area contributed by atoms with Crippen LogP contribution in [0.4, 0.5) is 0 Å². The molecule has 56 valence electrons. The van der Waals surface area contributed by atoms with Crippen LogP contribution in [0.15, 0.2) is 36.7 Å². The highest BCUT2D eigenvalue weighted by Gasteiger charge is 1.95. The zero-order valence-corrected chi connectivity index (χ0v) is 7.02. The van der Waals surface area contributed by atoms with Crippen molar-refractivity contribution in [1.82, 2.24) is 4.90 Å². The molecule has 0 aromatic rings. The lowest BCUT2D eigenvalue weighted by molar-refractivity contribution is 0.524. The van der Waals surface area contributed by atoms with Crippen molar-refractivity contribution in [2.24, 2.45) is 0 Å². The van der Waals surface area contributed by atoms with E-state index < -0.39 is 0 Å². The second-order valence-corrected chi connectivity index (χ2v) is 2.34. The van der Waals surface area contributed by atoms with Gasteiger partial charge in [-0.2, -0.15) is 0 Å². The van der Waals surface area contributed by atoms with Gasteiger partial charge in [-0.1, -0.05) is 19.2 Å². The normalized spacial score (nSPS) is 10.9. The Hall–Kier alpha value is -0.980. The third-order valence-corrected chi connectivity index (χ3v) is 1.46. The Morgan fingerprint density at radius 1 is 1.40 bits per heavy atom. The molecule has 0 heterocycles. The zero-order chi connectivity index (χ0) is 8.15. The van der Waals surface area contributed by atoms with Gasteiger partial charge in [0.2, 0.25) is 0 Å². The number of rotatable bonds is 3. The molecule has 0 bridgehead atoms. The number of hydrogen-bond acceptors (Lipinski definition) is 1. The van der Waals surface area contributed by atoms with Crippen molar-refractivity contribution < 1.29 is 0 Å². The van der Waals surface area contributed by atoms with Gasteiger partial charge in [0, 0.05) is 18.4 Å². The van der Waals surface area contributed by atoms with E-state index in [1.54, 1.807) is 6.08 Å². The molecule has 0 N–H and O–H groups in total. The average Bonchev–Trinajstić information content (AvgIpc) is 1.87. The fourth-order valence-corrected chi connectivity index (χ4v) is 0.583. The lowest BCUT2D eigenvalue weighted by Gasteiger charge is -2.18. The van der Waals surface area contributed by atoms with Crippen molar-refractivity contribution in [2.45, 2.75) is 13.8 Å². The summed E-state index contributed by atoms with van der Waals surface area (Å²) >= 11 is 0. The average molecular weight is 137 g/mol. The molecule has 0 atom stereocenters. The molecule has 0 aliphatic heterocycles. The van der Waals surface area contributed by atoms with Crippen LogP contribution in [0.25, 0.3) is 0 Å². The summed E-state index contributed by atoms with van der Waals surface area (Å²) in [5, 5.41) is 0. The highest BCUT2D eigenvalue weighted by molar-refractivity contribution is 5.11. The molecule has 0 unspecified atom stereocenters. The molecule has 0 saturated heterocycles. The van der Waals surface area contributed by atoms with Gasteiger partial charge < -0.3 is 4.90 Å². The van der Waals surface area contributed by atoms with Crippen molar-refractivity contribution in [3.63, 3.8) is 0 Å². The third kappa shape index (κ3) is 2.53. The molecule has 0 saturated carbocycles. The van der Waals surface area contributed by atoms with Crippen molar-refractivity contribution in [2.75, 3.05) is 7.05 Å². The van der Waals surface area contributed by atoms with E-state index in [1.807, 2.05) is 31.9 Å². The van der Waals surface area contributed by atoms with Crippen LogP contribution in [0.3, 0.4) is 0 Å². The summed E-state index contributed by atoms with van der Waals surface area (Å²) in [6.07, 6.45) is 3.73. The van der Waals surface area contributed by atoms with E-state index in [9.17, 15) is 0 Å². The predicted molar refractivity (Wildman–Crippen MR) is 46.5 cm³/mol. The van der Waals surface area contributed by atoms with E-state index in [1.165, 1.54) is 0 Å². The van der Waals surface area contributed by atoms with Gasteiger partial charge in [0.25, 0.3) is 0 Å². The summed E-state index contributed by atoms with van der Waals surface area (Å²) in [7, 11) is 1.98. The molecule has 0 fully saturated rings.